The summed E-state index contributed by atoms with van der Waals surface area (Å²) in [5, 5.41) is 6.30. The number of aryl methyl sites for hydroxylation is 1. The third-order valence-corrected chi connectivity index (χ3v) is 8.54. The molecule has 0 saturated carbocycles. The first kappa shape index (κ1) is 23.5. The van der Waals surface area contributed by atoms with Crippen LogP contribution in [0.5, 0.6) is 0 Å². The van der Waals surface area contributed by atoms with E-state index in [1.165, 1.54) is 28.5 Å². The molecule has 4 aromatic rings. The lowest BCUT2D eigenvalue weighted by Crippen LogP contribution is -1.94. The minimum atomic E-state index is -3.36. The third kappa shape index (κ3) is 6.25. The quantitative estimate of drug-likeness (QED) is 0.252. The van der Waals surface area contributed by atoms with Crippen LogP contribution in [0, 0.1) is 6.92 Å². The topological polar surface area (TPSA) is 42.0 Å². The lowest BCUT2D eigenvalue weighted by molar-refractivity contribution is 0.589. The van der Waals surface area contributed by atoms with Crippen molar-refractivity contribution in [2.24, 2.45) is 0 Å². The molecule has 1 N–H and O–H groups in total. The zero-order chi connectivity index (χ0) is 23.3. The molecule has 1 heterocycles. The maximum absolute atomic E-state index is 14.1. The maximum atomic E-state index is 14.1. The number of hydrogen-bond donors (Lipinski definition) is 1. The number of anilines is 1. The van der Waals surface area contributed by atoms with E-state index in [1.54, 1.807) is 0 Å². The van der Waals surface area contributed by atoms with Crippen molar-refractivity contribution in [3.63, 3.8) is 0 Å². The molecule has 0 atom stereocenters. The molecule has 166 valence electrons. The van der Waals surface area contributed by atoms with E-state index in [1.807, 2.05) is 97.2 Å². The fourth-order valence-corrected chi connectivity index (χ4v) is 6.96. The van der Waals surface area contributed by atoms with E-state index < -0.39 is 7.29 Å². The molecule has 0 amide bonds. The minimum absolute atomic E-state index is 0.371. The van der Waals surface area contributed by atoms with E-state index in [2.05, 4.69) is 10.1 Å². The smallest absolute Gasteiger partial charge is 0.217 e. The van der Waals surface area contributed by atoms with E-state index in [9.17, 15) is 4.57 Å². The van der Waals surface area contributed by atoms with Gasteiger partial charge >= 0.3 is 0 Å². The Hall–Kier alpha value is -2.62. The summed E-state index contributed by atoms with van der Waals surface area (Å²) in [6.07, 6.45) is 0. The van der Waals surface area contributed by atoms with Crippen molar-refractivity contribution < 1.29 is 4.57 Å². The highest BCUT2D eigenvalue weighted by atomic mass is 35.5. The highest BCUT2D eigenvalue weighted by molar-refractivity contribution is 7.72. The number of thiazole rings is 1. The van der Waals surface area contributed by atoms with E-state index in [0.29, 0.717) is 15.2 Å². The van der Waals surface area contributed by atoms with E-state index in [4.69, 9.17) is 23.2 Å². The molecule has 0 saturated heterocycles. The predicted molar refractivity (Wildman–Crippen MR) is 144 cm³/mol. The van der Waals surface area contributed by atoms with Crippen molar-refractivity contribution in [2.75, 3.05) is 5.09 Å². The van der Waals surface area contributed by atoms with Gasteiger partial charge in [0.05, 0.1) is 15.8 Å². The van der Waals surface area contributed by atoms with Gasteiger partial charge in [0, 0.05) is 22.6 Å². The number of hydrogen-bond acceptors (Lipinski definition) is 3. The van der Waals surface area contributed by atoms with Crippen LogP contribution in [0.2, 0.25) is 0 Å². The summed E-state index contributed by atoms with van der Waals surface area (Å²) in [7, 11) is -3.36. The Balaban J connectivity index is 1.70. The third-order valence-electron chi connectivity index (χ3n) is 4.83. The van der Waals surface area contributed by atoms with Gasteiger partial charge in [-0.1, -0.05) is 114 Å². The molecular formula is C26H21Cl2N2OPS. The molecule has 7 heteroatoms. The number of halogens is 2. The molecule has 4 rings (SSSR count). The molecule has 3 nitrogen and oxygen atoms in total. The van der Waals surface area contributed by atoms with Crippen LogP contribution in [0.4, 0.5) is 5.13 Å². The highest BCUT2D eigenvalue weighted by Gasteiger charge is 2.21. The van der Waals surface area contributed by atoms with Gasteiger partial charge in [0.1, 0.15) is 0 Å². The molecule has 0 unspecified atom stereocenters. The summed E-state index contributed by atoms with van der Waals surface area (Å²) in [4.78, 5) is 4.65. The molecule has 33 heavy (non-hydrogen) atoms. The summed E-state index contributed by atoms with van der Waals surface area (Å²) in [5.74, 6) is 3.06. The van der Waals surface area contributed by atoms with Crippen LogP contribution < -0.4 is 5.09 Å². The Morgan fingerprint density at radius 2 is 1.36 bits per heavy atom. The average Bonchev–Trinajstić information content (AvgIpc) is 3.28. The number of nitrogens with zero attached hydrogens (tertiary/aromatic N) is 1. The van der Waals surface area contributed by atoms with Gasteiger partial charge in [-0.25, -0.2) is 4.98 Å². The van der Waals surface area contributed by atoms with E-state index >= 15 is 0 Å². The molecule has 0 fully saturated rings. The largest absolute Gasteiger partial charge is 0.306 e. The predicted octanol–water partition coefficient (Wildman–Crippen LogP) is 9.28. The summed E-state index contributed by atoms with van der Waals surface area (Å²) in [6, 6.07) is 26.9. The van der Waals surface area contributed by atoms with Crippen LogP contribution in [0.3, 0.4) is 0 Å². The molecule has 3 aromatic carbocycles. The zero-order valence-electron chi connectivity index (χ0n) is 17.8. The Morgan fingerprint density at radius 3 is 1.88 bits per heavy atom. The molecule has 0 bridgehead atoms. The number of aromatic nitrogens is 1. The fraction of sp³-hybridized carbons (Fsp3) is 0.0385. The maximum Gasteiger partial charge on any atom is 0.217 e. The lowest BCUT2D eigenvalue weighted by Gasteiger charge is -2.13. The molecule has 0 aliphatic heterocycles. The van der Waals surface area contributed by atoms with Crippen molar-refractivity contribution in [3.8, 4) is 11.3 Å². The van der Waals surface area contributed by atoms with Gasteiger partial charge in [-0.05, 0) is 18.1 Å². The summed E-state index contributed by atoms with van der Waals surface area (Å²) < 4.78 is 14.1. The Kier molecular flexibility index (Phi) is 7.52. The van der Waals surface area contributed by atoms with Gasteiger partial charge in [0.25, 0.3) is 0 Å². The van der Waals surface area contributed by atoms with Crippen LogP contribution in [0.25, 0.3) is 21.3 Å². The Labute approximate surface area is 207 Å². The second-order valence-electron chi connectivity index (χ2n) is 7.41. The second-order valence-corrected chi connectivity index (χ2v) is 11.2. The number of nitrogens with one attached hydrogen (secondary N) is 1. The van der Waals surface area contributed by atoms with Gasteiger partial charge in [-0.2, -0.15) is 0 Å². The number of rotatable bonds is 7. The van der Waals surface area contributed by atoms with E-state index in [-0.39, 0.29) is 0 Å². The average molecular weight is 511 g/mol. The second kappa shape index (κ2) is 10.5. The monoisotopic (exact) mass is 510 g/mol. The zero-order valence-corrected chi connectivity index (χ0v) is 21.0. The van der Waals surface area contributed by atoms with Gasteiger partial charge in [0.2, 0.25) is 7.29 Å². The molecule has 0 aliphatic rings. The van der Waals surface area contributed by atoms with Crippen molar-refractivity contribution in [2.45, 2.75) is 6.92 Å². The van der Waals surface area contributed by atoms with Crippen LogP contribution >= 0.6 is 41.8 Å². The summed E-state index contributed by atoms with van der Waals surface area (Å²) in [5.41, 5.74) is 4.52. The molecule has 0 spiro atoms. The first-order valence-electron chi connectivity index (χ1n) is 10.2. The Morgan fingerprint density at radius 1 is 0.848 bits per heavy atom. The van der Waals surface area contributed by atoms with Gasteiger partial charge in [-0.3, -0.25) is 4.57 Å². The number of benzene rings is 3. The van der Waals surface area contributed by atoms with Crippen LogP contribution in [0.1, 0.15) is 16.7 Å². The molecular weight excluding hydrogens is 490 g/mol. The molecule has 0 aliphatic carbocycles. The van der Waals surface area contributed by atoms with E-state index in [0.717, 1.165) is 22.4 Å². The van der Waals surface area contributed by atoms with Gasteiger partial charge < -0.3 is 5.09 Å². The summed E-state index contributed by atoms with van der Waals surface area (Å²) in [6.45, 7) is 2.04. The fourth-order valence-electron chi connectivity index (χ4n) is 3.11. The van der Waals surface area contributed by atoms with Crippen LogP contribution in [-0.4, -0.2) is 4.98 Å². The normalized spacial score (nSPS) is 12.6. The highest BCUT2D eigenvalue weighted by Crippen LogP contribution is 2.54. The van der Waals surface area contributed by atoms with Crippen molar-refractivity contribution in [1.82, 2.24) is 4.98 Å². The lowest BCUT2D eigenvalue weighted by atomic mass is 10.1. The standard InChI is InChI=1S/C26H21Cl2N2OPS/c1-19-12-14-22(15-13-19)25-18-33-26(29-25)30-32(31,16-23(27)20-8-4-2-5-9-20)17-24(28)21-10-6-3-7-11-21/h2-18H,1H3,(H,29,30,31)/b23-16-,24-17-. The SMILES string of the molecule is Cc1ccc(-c2csc(NP(=O)(/C=C(\Cl)c3ccccc3)/C=C(\Cl)c3ccccc3)n2)cc1. The van der Waals surface area contributed by atoms with Crippen molar-refractivity contribution >= 4 is 57.0 Å². The van der Waals surface area contributed by atoms with Crippen molar-refractivity contribution in [1.29, 1.82) is 0 Å². The van der Waals surface area contributed by atoms with Crippen LogP contribution in [0.15, 0.2) is 102 Å². The first-order chi connectivity index (χ1) is 15.9. The summed E-state index contributed by atoms with van der Waals surface area (Å²) >= 11 is 14.5. The molecule has 0 radical (unpaired) electrons. The van der Waals surface area contributed by atoms with Crippen LogP contribution in [-0.2, 0) is 4.57 Å². The van der Waals surface area contributed by atoms with Crippen molar-refractivity contribution in [3.05, 3.63) is 119 Å². The Bertz CT molecular complexity index is 1270. The van der Waals surface area contributed by atoms with Gasteiger partial charge in [0.15, 0.2) is 5.13 Å². The van der Waals surface area contributed by atoms with Gasteiger partial charge in [-0.15, -0.1) is 11.3 Å². The first-order valence-corrected chi connectivity index (χ1v) is 13.7. The molecule has 1 aromatic heterocycles. The minimum Gasteiger partial charge on any atom is -0.306 e.